The van der Waals surface area contributed by atoms with Crippen LogP contribution in [0.15, 0.2) is 53.4 Å². The van der Waals surface area contributed by atoms with Crippen LogP contribution in [0.3, 0.4) is 0 Å². The van der Waals surface area contributed by atoms with Crippen molar-refractivity contribution < 1.29 is 13.1 Å². The van der Waals surface area contributed by atoms with Gasteiger partial charge in [0.05, 0.1) is 17.3 Å². The maximum absolute atomic E-state index is 12.4. The lowest BCUT2D eigenvalue weighted by molar-refractivity contribution is 0.333. The van der Waals surface area contributed by atoms with Crippen molar-refractivity contribution in [3.8, 4) is 0 Å². The van der Waals surface area contributed by atoms with Crippen molar-refractivity contribution in [1.29, 1.82) is 0 Å². The second-order valence-corrected chi connectivity index (χ2v) is 7.05. The zero-order valence-electron chi connectivity index (χ0n) is 11.2. The quantitative estimate of drug-likeness (QED) is 0.811. The number of hydrogen-bond acceptors (Lipinski definition) is 3. The van der Waals surface area contributed by atoms with E-state index < -0.39 is 9.84 Å². The van der Waals surface area contributed by atoms with E-state index in [0.29, 0.717) is 11.5 Å². The molecule has 2 aromatic carbocycles. The molecule has 0 atom stereocenters. The fourth-order valence-electron chi connectivity index (χ4n) is 2.48. The van der Waals surface area contributed by atoms with Crippen LogP contribution in [-0.4, -0.2) is 15.3 Å². The first kappa shape index (κ1) is 13.4. The normalized spacial score (nSPS) is 14.3. The van der Waals surface area contributed by atoms with E-state index in [1.807, 2.05) is 31.1 Å². The molecule has 0 aromatic heterocycles. The topological polar surface area (TPSA) is 43.4 Å². The highest BCUT2D eigenvalue weighted by Crippen LogP contribution is 2.18. The molecule has 0 aliphatic carbocycles. The molecule has 3 rings (SSSR count). The van der Waals surface area contributed by atoms with Crippen molar-refractivity contribution in [2.45, 2.75) is 24.1 Å². The third-order valence-corrected chi connectivity index (χ3v) is 5.30. The third-order valence-electron chi connectivity index (χ3n) is 3.60. The fourth-order valence-corrected chi connectivity index (χ4v) is 3.84. The maximum Gasteiger partial charge on any atom is 0.324 e. The van der Waals surface area contributed by atoms with Gasteiger partial charge in [-0.15, -0.1) is 0 Å². The van der Waals surface area contributed by atoms with Gasteiger partial charge in [-0.05, 0) is 28.7 Å². The highest BCUT2D eigenvalue weighted by molar-refractivity contribution is 7.90. The summed E-state index contributed by atoms with van der Waals surface area (Å²) in [6.45, 7) is 2.65. The first-order valence-corrected chi connectivity index (χ1v) is 8.22. The summed E-state index contributed by atoms with van der Waals surface area (Å²) < 4.78 is 30.2. The Morgan fingerprint density at radius 2 is 1.90 bits per heavy atom. The van der Waals surface area contributed by atoms with Crippen LogP contribution in [-0.2, 0) is 26.9 Å². The average molecular weight is 286 g/mol. The minimum atomic E-state index is -3.29. The molecule has 0 bridgehead atoms. The van der Waals surface area contributed by atoms with Gasteiger partial charge >= 0.3 is 6.92 Å². The van der Waals surface area contributed by atoms with Gasteiger partial charge in [0.15, 0.2) is 9.84 Å². The predicted octanol–water partition coefficient (Wildman–Crippen LogP) is 2.02. The molecule has 0 fully saturated rings. The van der Waals surface area contributed by atoms with E-state index in [9.17, 15) is 8.42 Å². The minimum Gasteiger partial charge on any atom is -0.427 e. The Kier molecular flexibility index (Phi) is 3.40. The zero-order valence-corrected chi connectivity index (χ0v) is 12.1. The maximum atomic E-state index is 12.4. The molecule has 3 nitrogen and oxygen atoms in total. The van der Waals surface area contributed by atoms with Gasteiger partial charge in [-0.2, -0.15) is 0 Å². The Balaban J connectivity index is 1.91. The first-order chi connectivity index (χ1) is 9.56. The number of rotatable bonds is 3. The van der Waals surface area contributed by atoms with Gasteiger partial charge in [0.1, 0.15) is 0 Å². The van der Waals surface area contributed by atoms with Crippen LogP contribution in [0.4, 0.5) is 0 Å². The highest BCUT2D eigenvalue weighted by Gasteiger charge is 2.24. The van der Waals surface area contributed by atoms with Crippen LogP contribution < -0.4 is 5.46 Å². The predicted molar refractivity (Wildman–Crippen MR) is 79.8 cm³/mol. The van der Waals surface area contributed by atoms with Crippen LogP contribution in [0, 0.1) is 0 Å². The molecule has 0 radical (unpaired) electrons. The number of benzene rings is 2. The van der Waals surface area contributed by atoms with Crippen LogP contribution in [0.1, 0.15) is 11.1 Å². The van der Waals surface area contributed by atoms with Crippen molar-refractivity contribution in [2.24, 2.45) is 0 Å². The van der Waals surface area contributed by atoms with E-state index in [-0.39, 0.29) is 12.7 Å². The summed E-state index contributed by atoms with van der Waals surface area (Å²) in [7, 11) is -3.29. The summed E-state index contributed by atoms with van der Waals surface area (Å²) in [6, 6.07) is 14.4. The Morgan fingerprint density at radius 3 is 2.65 bits per heavy atom. The van der Waals surface area contributed by atoms with E-state index in [1.54, 1.807) is 24.3 Å². The van der Waals surface area contributed by atoms with Crippen LogP contribution >= 0.6 is 0 Å². The van der Waals surface area contributed by atoms with E-state index >= 15 is 0 Å². The van der Waals surface area contributed by atoms with Crippen molar-refractivity contribution in [3.05, 3.63) is 59.7 Å². The van der Waals surface area contributed by atoms with E-state index in [4.69, 9.17) is 4.65 Å². The molecule has 0 N–H and O–H groups in total. The van der Waals surface area contributed by atoms with Gasteiger partial charge in [-0.25, -0.2) is 8.42 Å². The second kappa shape index (κ2) is 5.07. The number of fused-ring (bicyclic) bond motifs is 1. The molecule has 1 aliphatic heterocycles. The first-order valence-electron chi connectivity index (χ1n) is 6.57. The minimum absolute atomic E-state index is 0.0248. The van der Waals surface area contributed by atoms with Crippen molar-refractivity contribution >= 4 is 22.2 Å². The number of sulfone groups is 1. The van der Waals surface area contributed by atoms with Gasteiger partial charge < -0.3 is 4.65 Å². The number of hydrogen-bond donors (Lipinski definition) is 0. The van der Waals surface area contributed by atoms with Gasteiger partial charge in [-0.3, -0.25) is 0 Å². The lowest BCUT2D eigenvalue weighted by atomic mass is 9.64. The Labute approximate surface area is 119 Å². The van der Waals surface area contributed by atoms with E-state index in [0.717, 1.165) is 16.6 Å². The molecular weight excluding hydrogens is 271 g/mol. The highest BCUT2D eigenvalue weighted by atomic mass is 32.2. The standard InChI is InChI=1S/C15H15BO3S/c1-16-15-9-12(7-8-13(15)10-19-16)11-20(17,18)14-5-3-2-4-6-14/h2-9H,10-11H2,1H3. The summed E-state index contributed by atoms with van der Waals surface area (Å²) in [5, 5.41) is 0. The van der Waals surface area contributed by atoms with E-state index in [2.05, 4.69) is 0 Å². The van der Waals surface area contributed by atoms with Gasteiger partial charge in [0.2, 0.25) is 0 Å². The molecule has 20 heavy (non-hydrogen) atoms. The Bertz CT molecular complexity index is 726. The smallest absolute Gasteiger partial charge is 0.324 e. The molecular formula is C15H15BO3S. The Hall–Kier alpha value is -1.59. The van der Waals surface area contributed by atoms with Gasteiger partial charge in [0.25, 0.3) is 0 Å². The molecule has 1 heterocycles. The zero-order chi connectivity index (χ0) is 14.2. The largest absolute Gasteiger partial charge is 0.427 e. The SMILES string of the molecule is CB1OCc2ccc(CS(=O)(=O)c3ccccc3)cc21. The molecule has 5 heteroatoms. The molecule has 0 unspecified atom stereocenters. The van der Waals surface area contributed by atoms with Crippen LogP contribution in [0.5, 0.6) is 0 Å². The summed E-state index contributed by atoms with van der Waals surface area (Å²) in [6.07, 6.45) is 0. The fraction of sp³-hybridized carbons (Fsp3) is 0.200. The lowest BCUT2D eigenvalue weighted by Gasteiger charge is -2.07. The van der Waals surface area contributed by atoms with Crippen molar-refractivity contribution in [3.63, 3.8) is 0 Å². The van der Waals surface area contributed by atoms with Gasteiger partial charge in [-0.1, -0.05) is 43.2 Å². The summed E-state index contributed by atoms with van der Waals surface area (Å²) in [5.74, 6) is 0.0248. The lowest BCUT2D eigenvalue weighted by Crippen LogP contribution is -2.24. The van der Waals surface area contributed by atoms with Crippen molar-refractivity contribution in [1.82, 2.24) is 0 Å². The van der Waals surface area contributed by atoms with E-state index in [1.165, 1.54) is 0 Å². The average Bonchev–Trinajstić information content (AvgIpc) is 2.81. The molecule has 1 aliphatic rings. The van der Waals surface area contributed by atoms with Crippen LogP contribution in [0.25, 0.3) is 0 Å². The third kappa shape index (κ3) is 2.51. The molecule has 0 amide bonds. The van der Waals surface area contributed by atoms with Crippen molar-refractivity contribution in [2.75, 3.05) is 0 Å². The Morgan fingerprint density at radius 1 is 1.15 bits per heavy atom. The summed E-state index contributed by atoms with van der Waals surface area (Å²) >= 11 is 0. The molecule has 2 aromatic rings. The summed E-state index contributed by atoms with van der Waals surface area (Å²) in [4.78, 5) is 0.366. The summed E-state index contributed by atoms with van der Waals surface area (Å²) in [5.41, 5.74) is 3.06. The monoisotopic (exact) mass is 286 g/mol. The molecule has 0 spiro atoms. The molecule has 0 saturated carbocycles. The molecule has 0 saturated heterocycles. The van der Waals surface area contributed by atoms with Gasteiger partial charge in [0, 0.05) is 0 Å². The van der Waals surface area contributed by atoms with Crippen LogP contribution in [0.2, 0.25) is 6.82 Å². The molecule has 102 valence electrons. The second-order valence-electron chi connectivity index (χ2n) is 5.06.